The van der Waals surface area contributed by atoms with Gasteiger partial charge in [0, 0.05) is 24.3 Å². The number of nitrogens with one attached hydrogen (secondary N) is 1. The lowest BCUT2D eigenvalue weighted by molar-refractivity contribution is 0.183. The number of halogens is 2. The van der Waals surface area contributed by atoms with E-state index in [4.69, 9.17) is 16.3 Å². The molecule has 1 N–H and O–H groups in total. The zero-order chi connectivity index (χ0) is 13.7. The molecular formula is C13H15BrClN3O. The summed E-state index contributed by atoms with van der Waals surface area (Å²) in [5.41, 5.74) is 2.14. The summed E-state index contributed by atoms with van der Waals surface area (Å²) in [6.45, 7) is 2.14. The number of rotatable bonds is 6. The van der Waals surface area contributed by atoms with E-state index in [1.807, 2.05) is 29.1 Å². The molecule has 0 saturated heterocycles. The van der Waals surface area contributed by atoms with Gasteiger partial charge in [0.15, 0.2) is 0 Å². The molecule has 0 unspecified atom stereocenters. The van der Waals surface area contributed by atoms with Gasteiger partial charge < -0.3 is 10.1 Å². The fourth-order valence-corrected chi connectivity index (χ4v) is 2.16. The lowest BCUT2D eigenvalue weighted by Crippen LogP contribution is -2.04. The average Bonchev–Trinajstić information content (AvgIpc) is 2.86. The summed E-state index contributed by atoms with van der Waals surface area (Å²) in [4.78, 5) is 0. The number of ether oxygens (including phenoxy) is 1. The van der Waals surface area contributed by atoms with Crippen molar-refractivity contribution in [1.29, 1.82) is 0 Å². The Kier molecular flexibility index (Phi) is 5.24. The first kappa shape index (κ1) is 14.4. The molecule has 6 heteroatoms. The summed E-state index contributed by atoms with van der Waals surface area (Å²) in [5.74, 6) is 0. The van der Waals surface area contributed by atoms with E-state index in [9.17, 15) is 0 Å². The fourth-order valence-electron chi connectivity index (χ4n) is 1.62. The molecule has 0 amide bonds. The Morgan fingerprint density at radius 1 is 1.47 bits per heavy atom. The molecule has 2 rings (SSSR count). The van der Waals surface area contributed by atoms with Crippen LogP contribution in [0.1, 0.15) is 5.56 Å². The van der Waals surface area contributed by atoms with E-state index in [-0.39, 0.29) is 0 Å². The van der Waals surface area contributed by atoms with E-state index in [1.54, 1.807) is 13.3 Å². The van der Waals surface area contributed by atoms with Crippen LogP contribution in [0.2, 0.25) is 5.02 Å². The first-order chi connectivity index (χ1) is 9.19. The Labute approximate surface area is 125 Å². The topological polar surface area (TPSA) is 39.1 Å². The number of hydrogen-bond acceptors (Lipinski definition) is 3. The number of aromatic nitrogens is 2. The van der Waals surface area contributed by atoms with Gasteiger partial charge in [-0.05, 0) is 33.6 Å². The van der Waals surface area contributed by atoms with Crippen molar-refractivity contribution in [3.05, 3.63) is 45.7 Å². The van der Waals surface area contributed by atoms with E-state index < -0.39 is 0 Å². The van der Waals surface area contributed by atoms with Crippen LogP contribution in [-0.4, -0.2) is 23.5 Å². The molecule has 1 aromatic carbocycles. The van der Waals surface area contributed by atoms with Crippen molar-refractivity contribution < 1.29 is 4.74 Å². The number of nitrogens with zero attached hydrogens (tertiary/aromatic N) is 2. The molecule has 1 heterocycles. The minimum Gasteiger partial charge on any atom is -0.383 e. The van der Waals surface area contributed by atoms with Crippen molar-refractivity contribution in [1.82, 2.24) is 9.78 Å². The highest BCUT2D eigenvalue weighted by Gasteiger charge is 2.01. The molecular weight excluding hydrogens is 330 g/mol. The van der Waals surface area contributed by atoms with Crippen LogP contribution in [0.15, 0.2) is 35.1 Å². The number of benzene rings is 1. The number of hydrogen-bond donors (Lipinski definition) is 1. The summed E-state index contributed by atoms with van der Waals surface area (Å²) in [6.07, 6.45) is 3.77. The van der Waals surface area contributed by atoms with Crippen LogP contribution >= 0.6 is 27.5 Å². The van der Waals surface area contributed by atoms with E-state index in [2.05, 4.69) is 26.3 Å². The van der Waals surface area contributed by atoms with Crippen LogP contribution in [0.3, 0.4) is 0 Å². The smallest absolute Gasteiger partial charge is 0.0729 e. The third-order valence-corrected chi connectivity index (χ3v) is 3.85. The van der Waals surface area contributed by atoms with Gasteiger partial charge in [0.25, 0.3) is 0 Å². The minimum atomic E-state index is 0.658. The standard InChI is InChI=1S/C13H15BrClN3O/c1-19-5-4-18-9-11(8-17-18)16-7-10-2-3-13(15)12(14)6-10/h2-3,6,8-9,16H,4-5,7H2,1H3. The largest absolute Gasteiger partial charge is 0.383 e. The highest BCUT2D eigenvalue weighted by Crippen LogP contribution is 2.23. The third kappa shape index (κ3) is 4.23. The second kappa shape index (κ2) is 6.93. The molecule has 0 radical (unpaired) electrons. The van der Waals surface area contributed by atoms with Gasteiger partial charge in [-0.1, -0.05) is 17.7 Å². The summed E-state index contributed by atoms with van der Waals surface area (Å²) in [7, 11) is 1.68. The monoisotopic (exact) mass is 343 g/mol. The van der Waals surface area contributed by atoms with Gasteiger partial charge in [0.05, 0.1) is 30.1 Å². The van der Waals surface area contributed by atoms with Gasteiger partial charge in [-0.15, -0.1) is 0 Å². The molecule has 0 aliphatic heterocycles. The maximum atomic E-state index is 5.96. The zero-order valence-electron chi connectivity index (χ0n) is 10.6. The van der Waals surface area contributed by atoms with Gasteiger partial charge in [-0.3, -0.25) is 4.68 Å². The molecule has 19 heavy (non-hydrogen) atoms. The molecule has 4 nitrogen and oxygen atoms in total. The lowest BCUT2D eigenvalue weighted by atomic mass is 10.2. The minimum absolute atomic E-state index is 0.658. The van der Waals surface area contributed by atoms with Crippen molar-refractivity contribution in [2.45, 2.75) is 13.1 Å². The zero-order valence-corrected chi connectivity index (χ0v) is 12.9. The van der Waals surface area contributed by atoms with Gasteiger partial charge in [-0.25, -0.2) is 0 Å². The average molecular weight is 345 g/mol. The van der Waals surface area contributed by atoms with Gasteiger partial charge >= 0.3 is 0 Å². The Hall–Kier alpha value is -1.04. The highest BCUT2D eigenvalue weighted by molar-refractivity contribution is 9.10. The predicted molar refractivity (Wildman–Crippen MR) is 80.6 cm³/mol. The second-order valence-electron chi connectivity index (χ2n) is 4.09. The van der Waals surface area contributed by atoms with E-state index >= 15 is 0 Å². The van der Waals surface area contributed by atoms with Gasteiger partial charge in [0.2, 0.25) is 0 Å². The maximum Gasteiger partial charge on any atom is 0.0729 e. The Morgan fingerprint density at radius 2 is 2.32 bits per heavy atom. The van der Waals surface area contributed by atoms with Crippen LogP contribution in [0.25, 0.3) is 0 Å². The first-order valence-electron chi connectivity index (χ1n) is 5.88. The first-order valence-corrected chi connectivity index (χ1v) is 7.05. The quantitative estimate of drug-likeness (QED) is 0.871. The van der Waals surface area contributed by atoms with E-state index in [0.29, 0.717) is 6.61 Å². The molecule has 0 aliphatic carbocycles. The normalized spacial score (nSPS) is 10.7. The summed E-state index contributed by atoms with van der Waals surface area (Å²) in [5, 5.41) is 8.28. The van der Waals surface area contributed by atoms with Crippen molar-refractivity contribution in [2.75, 3.05) is 19.0 Å². The Morgan fingerprint density at radius 3 is 3.05 bits per heavy atom. The summed E-state index contributed by atoms with van der Waals surface area (Å²) >= 11 is 9.37. The van der Waals surface area contributed by atoms with Crippen LogP contribution in [0.4, 0.5) is 5.69 Å². The Balaban J connectivity index is 1.91. The third-order valence-electron chi connectivity index (χ3n) is 2.64. The van der Waals surface area contributed by atoms with Crippen molar-refractivity contribution in [3.63, 3.8) is 0 Å². The van der Waals surface area contributed by atoms with Crippen LogP contribution in [-0.2, 0) is 17.8 Å². The highest BCUT2D eigenvalue weighted by atomic mass is 79.9. The second-order valence-corrected chi connectivity index (χ2v) is 5.35. The summed E-state index contributed by atoms with van der Waals surface area (Å²) < 4.78 is 7.77. The Bertz CT molecular complexity index is 544. The van der Waals surface area contributed by atoms with Crippen LogP contribution in [0, 0.1) is 0 Å². The predicted octanol–water partition coefficient (Wildman–Crippen LogP) is 3.56. The van der Waals surface area contributed by atoms with Crippen molar-refractivity contribution in [2.24, 2.45) is 0 Å². The molecule has 102 valence electrons. The summed E-state index contributed by atoms with van der Waals surface area (Å²) in [6, 6.07) is 5.88. The van der Waals surface area contributed by atoms with Crippen LogP contribution in [0.5, 0.6) is 0 Å². The molecule has 0 fully saturated rings. The lowest BCUT2D eigenvalue weighted by Gasteiger charge is -2.05. The van der Waals surface area contributed by atoms with Crippen molar-refractivity contribution in [3.8, 4) is 0 Å². The molecule has 0 spiro atoms. The van der Waals surface area contributed by atoms with E-state index in [1.165, 1.54) is 0 Å². The maximum absolute atomic E-state index is 5.96. The molecule has 2 aromatic rings. The number of anilines is 1. The van der Waals surface area contributed by atoms with Gasteiger partial charge in [-0.2, -0.15) is 5.10 Å². The van der Waals surface area contributed by atoms with Gasteiger partial charge in [0.1, 0.15) is 0 Å². The molecule has 0 bridgehead atoms. The molecule has 0 saturated carbocycles. The molecule has 0 atom stereocenters. The fraction of sp³-hybridized carbons (Fsp3) is 0.308. The number of methoxy groups -OCH3 is 1. The van der Waals surface area contributed by atoms with E-state index in [0.717, 1.165) is 33.8 Å². The van der Waals surface area contributed by atoms with Crippen LogP contribution < -0.4 is 5.32 Å². The van der Waals surface area contributed by atoms with Crippen molar-refractivity contribution >= 4 is 33.2 Å². The molecule has 1 aromatic heterocycles. The SMILES string of the molecule is COCCn1cc(NCc2ccc(Cl)c(Br)c2)cn1. The molecule has 0 aliphatic rings.